The van der Waals surface area contributed by atoms with Crippen molar-refractivity contribution in [1.82, 2.24) is 19.9 Å². The highest BCUT2D eigenvalue weighted by Gasteiger charge is 2.20. The first kappa shape index (κ1) is 21.2. The third-order valence-electron chi connectivity index (χ3n) is 5.70. The van der Waals surface area contributed by atoms with Crippen LogP contribution in [0, 0.1) is 6.92 Å². The maximum absolute atomic E-state index is 10.8. The number of phenols is 1. The number of aromatic nitrogens is 3. The molecular weight excluding hydrogens is 390 g/mol. The van der Waals surface area contributed by atoms with Crippen LogP contribution in [-0.2, 0) is 6.42 Å². The molecule has 0 radical (unpaired) electrons. The van der Waals surface area contributed by atoms with Crippen LogP contribution in [-0.4, -0.2) is 62.8 Å². The van der Waals surface area contributed by atoms with E-state index in [9.17, 15) is 10.2 Å². The smallest absolute Gasteiger partial charge is 0.163 e. The lowest BCUT2D eigenvalue weighted by molar-refractivity contribution is 0.176. The molecule has 0 saturated carbocycles. The van der Waals surface area contributed by atoms with Crippen molar-refractivity contribution < 1.29 is 10.2 Å². The lowest BCUT2D eigenvalue weighted by atomic mass is 10.0. The lowest BCUT2D eigenvalue weighted by Crippen LogP contribution is -2.46. The molecule has 2 N–H and O–H groups in total. The highest BCUT2D eigenvalue weighted by molar-refractivity contribution is 5.57. The van der Waals surface area contributed by atoms with E-state index in [-0.39, 0.29) is 5.75 Å². The van der Waals surface area contributed by atoms with Crippen molar-refractivity contribution in [2.24, 2.45) is 0 Å². The van der Waals surface area contributed by atoms with Gasteiger partial charge in [0.2, 0.25) is 0 Å². The van der Waals surface area contributed by atoms with Gasteiger partial charge in [0.1, 0.15) is 11.6 Å². The predicted molar refractivity (Wildman–Crippen MR) is 121 cm³/mol. The van der Waals surface area contributed by atoms with Crippen LogP contribution in [0.5, 0.6) is 5.75 Å². The van der Waals surface area contributed by atoms with E-state index in [1.807, 2.05) is 31.2 Å². The first-order valence-corrected chi connectivity index (χ1v) is 10.8. The molecule has 1 saturated heterocycles. The summed E-state index contributed by atoms with van der Waals surface area (Å²) in [6.07, 6.45) is 3.05. The number of aliphatic hydroxyl groups excluding tert-OH is 1. The first-order valence-electron chi connectivity index (χ1n) is 10.8. The summed E-state index contributed by atoms with van der Waals surface area (Å²) >= 11 is 0. The summed E-state index contributed by atoms with van der Waals surface area (Å²) in [5.41, 5.74) is 3.19. The van der Waals surface area contributed by atoms with Crippen LogP contribution in [0.25, 0.3) is 11.4 Å². The number of pyridine rings is 1. The zero-order valence-corrected chi connectivity index (χ0v) is 18.1. The monoisotopic (exact) mass is 419 g/mol. The Kier molecular flexibility index (Phi) is 6.44. The molecule has 1 aliphatic heterocycles. The minimum absolute atomic E-state index is 0.155. The third kappa shape index (κ3) is 5.18. The Morgan fingerprint density at radius 2 is 1.87 bits per heavy atom. The molecule has 31 heavy (non-hydrogen) atoms. The Hall–Kier alpha value is -3.03. The molecule has 7 heteroatoms. The molecule has 0 bridgehead atoms. The number of anilines is 1. The fourth-order valence-corrected chi connectivity index (χ4v) is 3.97. The number of hydrogen-bond acceptors (Lipinski definition) is 7. The second-order valence-corrected chi connectivity index (χ2v) is 8.03. The zero-order chi connectivity index (χ0) is 21.8. The van der Waals surface area contributed by atoms with E-state index < -0.39 is 6.10 Å². The van der Waals surface area contributed by atoms with E-state index in [4.69, 9.17) is 9.97 Å². The van der Waals surface area contributed by atoms with E-state index in [0.717, 1.165) is 55.4 Å². The van der Waals surface area contributed by atoms with Crippen molar-refractivity contribution in [3.63, 3.8) is 0 Å². The topological polar surface area (TPSA) is 85.6 Å². The standard InChI is InChI=1S/C24H29N5O2/c1-3-28-7-9-29(10-8-28)23-15-20(26-24(27-23)18-5-4-6-25-16-18)14-22(31)19-11-17(2)12-21(30)13-19/h4-6,11-13,15-16,22,30-31H,3,7-10,14H2,1-2H3. The van der Waals surface area contributed by atoms with Gasteiger partial charge in [-0.05, 0) is 48.9 Å². The molecule has 2 aromatic heterocycles. The Morgan fingerprint density at radius 3 is 2.55 bits per heavy atom. The number of phenolic OH excluding ortho intramolecular Hbond substituents is 1. The minimum atomic E-state index is -0.771. The Labute approximate surface area is 183 Å². The highest BCUT2D eigenvalue weighted by atomic mass is 16.3. The van der Waals surface area contributed by atoms with Gasteiger partial charge in [-0.15, -0.1) is 0 Å². The van der Waals surface area contributed by atoms with Gasteiger partial charge in [0.15, 0.2) is 5.82 Å². The fraction of sp³-hybridized carbons (Fsp3) is 0.375. The van der Waals surface area contributed by atoms with E-state index in [1.165, 1.54) is 0 Å². The van der Waals surface area contributed by atoms with Gasteiger partial charge in [0.05, 0.1) is 6.10 Å². The van der Waals surface area contributed by atoms with E-state index >= 15 is 0 Å². The molecule has 4 rings (SSSR count). The molecule has 1 aromatic carbocycles. The SMILES string of the molecule is CCN1CCN(c2cc(CC(O)c3cc(C)cc(O)c3)nc(-c3cccnc3)n2)CC1. The van der Waals surface area contributed by atoms with Crippen LogP contribution in [0.4, 0.5) is 5.82 Å². The van der Waals surface area contributed by atoms with Crippen molar-refractivity contribution in [3.8, 4) is 17.1 Å². The predicted octanol–water partition coefficient (Wildman–Crippen LogP) is 2.97. The van der Waals surface area contributed by atoms with E-state index in [2.05, 4.69) is 21.7 Å². The Bertz CT molecular complexity index is 999. The summed E-state index contributed by atoms with van der Waals surface area (Å²) in [5, 5.41) is 20.8. The van der Waals surface area contributed by atoms with Gasteiger partial charge in [-0.1, -0.05) is 13.0 Å². The van der Waals surface area contributed by atoms with Gasteiger partial charge >= 0.3 is 0 Å². The average Bonchev–Trinajstić information content (AvgIpc) is 2.79. The first-order chi connectivity index (χ1) is 15.0. The van der Waals surface area contributed by atoms with Crippen LogP contribution in [0.3, 0.4) is 0 Å². The van der Waals surface area contributed by atoms with Crippen molar-refractivity contribution in [2.45, 2.75) is 26.4 Å². The molecule has 0 aliphatic carbocycles. The molecule has 3 heterocycles. The van der Waals surface area contributed by atoms with Crippen molar-refractivity contribution in [3.05, 3.63) is 65.6 Å². The third-order valence-corrected chi connectivity index (χ3v) is 5.70. The number of likely N-dealkylation sites (N-methyl/N-ethyl adjacent to an activating group) is 1. The molecule has 3 aromatic rings. The Balaban J connectivity index is 1.64. The van der Waals surface area contributed by atoms with Gasteiger partial charge in [-0.25, -0.2) is 9.97 Å². The van der Waals surface area contributed by atoms with Crippen LogP contribution < -0.4 is 4.90 Å². The number of rotatable bonds is 6. The minimum Gasteiger partial charge on any atom is -0.508 e. The largest absolute Gasteiger partial charge is 0.508 e. The number of aryl methyl sites for hydroxylation is 1. The van der Waals surface area contributed by atoms with Gasteiger partial charge in [-0.2, -0.15) is 0 Å². The number of aromatic hydroxyl groups is 1. The van der Waals surface area contributed by atoms with Crippen molar-refractivity contribution in [1.29, 1.82) is 0 Å². The van der Waals surface area contributed by atoms with E-state index in [0.29, 0.717) is 17.8 Å². The van der Waals surface area contributed by atoms with Gasteiger partial charge in [0.25, 0.3) is 0 Å². The van der Waals surface area contributed by atoms with Gasteiger partial charge < -0.3 is 20.0 Å². The summed E-state index contributed by atoms with van der Waals surface area (Å²) in [5.74, 6) is 1.64. The maximum Gasteiger partial charge on any atom is 0.163 e. The number of aliphatic hydroxyl groups is 1. The Morgan fingerprint density at radius 1 is 1.06 bits per heavy atom. The number of nitrogens with zero attached hydrogens (tertiary/aromatic N) is 5. The second-order valence-electron chi connectivity index (χ2n) is 8.03. The molecule has 1 unspecified atom stereocenters. The summed E-state index contributed by atoms with van der Waals surface area (Å²) in [6.45, 7) is 8.96. The van der Waals surface area contributed by atoms with Gasteiger partial charge in [-0.3, -0.25) is 4.98 Å². The molecule has 0 amide bonds. The van der Waals surface area contributed by atoms with E-state index in [1.54, 1.807) is 24.5 Å². The van der Waals surface area contributed by atoms with Crippen molar-refractivity contribution >= 4 is 5.82 Å². The number of benzene rings is 1. The molecule has 1 aliphatic rings. The second kappa shape index (κ2) is 9.41. The summed E-state index contributed by atoms with van der Waals surface area (Å²) in [7, 11) is 0. The van der Waals surface area contributed by atoms with Crippen LogP contribution in [0.1, 0.15) is 29.8 Å². The molecule has 1 fully saturated rings. The maximum atomic E-state index is 10.8. The summed E-state index contributed by atoms with van der Waals surface area (Å²) in [6, 6.07) is 11.0. The molecule has 0 spiro atoms. The molecule has 1 atom stereocenters. The highest BCUT2D eigenvalue weighted by Crippen LogP contribution is 2.26. The molecule has 7 nitrogen and oxygen atoms in total. The molecule has 162 valence electrons. The van der Waals surface area contributed by atoms with Crippen LogP contribution in [0.15, 0.2) is 48.8 Å². The number of hydrogen-bond donors (Lipinski definition) is 2. The number of piperazine rings is 1. The average molecular weight is 420 g/mol. The quantitative estimate of drug-likeness (QED) is 0.635. The normalized spacial score (nSPS) is 15.8. The van der Waals surface area contributed by atoms with Crippen LogP contribution in [0.2, 0.25) is 0 Å². The van der Waals surface area contributed by atoms with Crippen molar-refractivity contribution in [2.75, 3.05) is 37.6 Å². The molecular formula is C24H29N5O2. The van der Waals surface area contributed by atoms with Gasteiger partial charge in [0, 0.05) is 62.3 Å². The fourth-order valence-electron chi connectivity index (χ4n) is 3.97. The van der Waals surface area contributed by atoms with Crippen LogP contribution >= 0.6 is 0 Å². The summed E-state index contributed by atoms with van der Waals surface area (Å²) < 4.78 is 0. The zero-order valence-electron chi connectivity index (χ0n) is 18.1. The summed E-state index contributed by atoms with van der Waals surface area (Å²) in [4.78, 5) is 18.5. The lowest BCUT2D eigenvalue weighted by Gasteiger charge is -2.35.